The van der Waals surface area contributed by atoms with Crippen molar-refractivity contribution in [3.05, 3.63) is 0 Å². The van der Waals surface area contributed by atoms with Crippen molar-refractivity contribution in [2.75, 3.05) is 33.7 Å². The molecule has 0 aliphatic rings. The van der Waals surface area contributed by atoms with Gasteiger partial charge in [0.25, 0.3) is 0 Å². The van der Waals surface area contributed by atoms with E-state index in [1.54, 1.807) is 0 Å². The molecule has 0 saturated carbocycles. The van der Waals surface area contributed by atoms with Crippen LogP contribution in [0.5, 0.6) is 0 Å². The third-order valence-electron chi connectivity index (χ3n) is 1.50. The average Bonchev–Trinajstić information content (AvgIpc) is 2.05. The maximum absolute atomic E-state index is 11.2. The van der Waals surface area contributed by atoms with E-state index in [0.29, 0.717) is 26.0 Å². The molecule has 0 atom stereocenters. The predicted molar refractivity (Wildman–Crippen MR) is 50.4 cm³/mol. The van der Waals surface area contributed by atoms with Gasteiger partial charge in [-0.3, -0.25) is 9.69 Å². The number of hydrogen-bond acceptors (Lipinski definition) is 3. The highest BCUT2D eigenvalue weighted by Gasteiger charge is 2.10. The molecule has 0 aromatic rings. The van der Waals surface area contributed by atoms with Crippen molar-refractivity contribution < 1.29 is 9.59 Å². The lowest BCUT2D eigenvalue weighted by atomic mass is 10.5. The Morgan fingerprint density at radius 1 is 1.38 bits per heavy atom. The number of imide groups is 1. The van der Waals surface area contributed by atoms with E-state index >= 15 is 0 Å². The number of nitrogens with one attached hydrogen (secondary N) is 1. The van der Waals surface area contributed by atoms with Crippen LogP contribution in [0.25, 0.3) is 0 Å². The fraction of sp³-hybridized carbons (Fsp3) is 0.750. The summed E-state index contributed by atoms with van der Waals surface area (Å²) in [6, 6.07) is -0.334. The van der Waals surface area contributed by atoms with Crippen LogP contribution in [0, 0.1) is 0 Å². The molecule has 0 fully saturated rings. The van der Waals surface area contributed by atoms with E-state index in [1.165, 1.54) is 0 Å². The molecular weight excluding hydrogens is 170 g/mol. The Hall–Kier alpha value is -1.10. The molecule has 76 valence electrons. The Morgan fingerprint density at radius 2 is 2.00 bits per heavy atom. The molecule has 0 aromatic carbocycles. The monoisotopic (exact) mass is 187 g/mol. The lowest BCUT2D eigenvalue weighted by Gasteiger charge is -2.17. The van der Waals surface area contributed by atoms with Gasteiger partial charge in [-0.2, -0.15) is 0 Å². The summed E-state index contributed by atoms with van der Waals surface area (Å²) in [6.45, 7) is 3.44. The Balaban J connectivity index is 3.87. The molecule has 3 amide bonds. The molecule has 0 unspecified atom stereocenters. The second kappa shape index (κ2) is 6.42. The highest BCUT2D eigenvalue weighted by Crippen LogP contribution is 1.85. The fourth-order valence-corrected chi connectivity index (χ4v) is 0.763. The van der Waals surface area contributed by atoms with E-state index in [4.69, 9.17) is 0 Å². The first-order valence-electron chi connectivity index (χ1n) is 4.26. The summed E-state index contributed by atoms with van der Waals surface area (Å²) in [6.07, 6.45) is 0.550. The summed E-state index contributed by atoms with van der Waals surface area (Å²) in [7, 11) is 3.78. The minimum absolute atomic E-state index is 0.334. The van der Waals surface area contributed by atoms with Gasteiger partial charge < -0.3 is 10.2 Å². The molecule has 0 aliphatic heterocycles. The quantitative estimate of drug-likeness (QED) is 0.603. The maximum Gasteiger partial charge on any atom is 0.323 e. The normalized spacial score (nSPS) is 9.85. The second-order valence-corrected chi connectivity index (χ2v) is 2.94. The van der Waals surface area contributed by atoms with Gasteiger partial charge in [0.15, 0.2) is 0 Å². The van der Waals surface area contributed by atoms with Crippen LogP contribution in [0.3, 0.4) is 0 Å². The molecule has 0 heterocycles. The van der Waals surface area contributed by atoms with Crippen LogP contribution >= 0.6 is 0 Å². The van der Waals surface area contributed by atoms with Crippen molar-refractivity contribution in [3.8, 4) is 0 Å². The summed E-state index contributed by atoms with van der Waals surface area (Å²) < 4.78 is 0. The Bertz CT molecular complexity index is 171. The average molecular weight is 187 g/mol. The van der Waals surface area contributed by atoms with E-state index in [1.807, 2.05) is 25.9 Å². The van der Waals surface area contributed by atoms with Crippen LogP contribution in [0.1, 0.15) is 6.92 Å². The lowest BCUT2D eigenvalue weighted by molar-refractivity contribution is -0.115. The number of rotatable bonds is 5. The van der Waals surface area contributed by atoms with Gasteiger partial charge in [-0.05, 0) is 21.0 Å². The Morgan fingerprint density at radius 3 is 2.38 bits per heavy atom. The van der Waals surface area contributed by atoms with Crippen LogP contribution in [-0.2, 0) is 4.79 Å². The van der Waals surface area contributed by atoms with E-state index in [9.17, 15) is 9.59 Å². The number of urea groups is 1. The molecule has 1 N–H and O–H groups in total. The first-order valence-corrected chi connectivity index (χ1v) is 4.26. The predicted octanol–water partition coefficient (Wildman–Crippen LogP) is -0.264. The summed E-state index contributed by atoms with van der Waals surface area (Å²) in [5.41, 5.74) is 0. The molecule has 0 rings (SSSR count). The van der Waals surface area contributed by atoms with Gasteiger partial charge in [0.2, 0.25) is 6.41 Å². The van der Waals surface area contributed by atoms with Crippen LogP contribution in [-0.4, -0.2) is 56.0 Å². The molecule has 0 radical (unpaired) electrons. The zero-order valence-corrected chi connectivity index (χ0v) is 8.41. The van der Waals surface area contributed by atoms with Crippen LogP contribution in [0.15, 0.2) is 0 Å². The standard InChI is InChI=1S/C8H17N3O2/c1-4-9-8(13)11(7-12)6-5-10(2)3/h7H,4-6H2,1-3H3,(H,9,13). The minimum Gasteiger partial charge on any atom is -0.338 e. The summed E-state index contributed by atoms with van der Waals surface area (Å²) in [5.74, 6) is 0. The van der Waals surface area contributed by atoms with Gasteiger partial charge in [0.1, 0.15) is 0 Å². The van der Waals surface area contributed by atoms with Crippen molar-refractivity contribution in [1.29, 1.82) is 0 Å². The molecule has 0 aromatic heterocycles. The molecule has 0 bridgehead atoms. The van der Waals surface area contributed by atoms with Crippen LogP contribution in [0.4, 0.5) is 4.79 Å². The number of carbonyl (C=O) groups excluding carboxylic acids is 2. The zero-order valence-electron chi connectivity index (χ0n) is 8.41. The molecule has 13 heavy (non-hydrogen) atoms. The fourth-order valence-electron chi connectivity index (χ4n) is 0.763. The smallest absolute Gasteiger partial charge is 0.323 e. The number of nitrogens with zero attached hydrogens (tertiary/aromatic N) is 2. The van der Waals surface area contributed by atoms with Crippen molar-refractivity contribution in [3.63, 3.8) is 0 Å². The lowest BCUT2D eigenvalue weighted by Crippen LogP contribution is -2.42. The Kier molecular flexibility index (Phi) is 5.88. The molecule has 0 spiro atoms. The van der Waals surface area contributed by atoms with Crippen molar-refractivity contribution in [2.24, 2.45) is 0 Å². The highest BCUT2D eigenvalue weighted by molar-refractivity contribution is 5.84. The molecule has 5 heteroatoms. The second-order valence-electron chi connectivity index (χ2n) is 2.94. The largest absolute Gasteiger partial charge is 0.338 e. The minimum atomic E-state index is -0.334. The summed E-state index contributed by atoms with van der Waals surface area (Å²) in [5, 5.41) is 2.56. The van der Waals surface area contributed by atoms with Crippen LogP contribution in [0.2, 0.25) is 0 Å². The molecule has 0 aliphatic carbocycles. The van der Waals surface area contributed by atoms with Crippen molar-refractivity contribution in [2.45, 2.75) is 6.92 Å². The van der Waals surface area contributed by atoms with Gasteiger partial charge in [0, 0.05) is 19.6 Å². The van der Waals surface area contributed by atoms with Crippen molar-refractivity contribution >= 4 is 12.4 Å². The van der Waals surface area contributed by atoms with E-state index in [2.05, 4.69) is 5.32 Å². The number of hydrogen-bond donors (Lipinski definition) is 1. The number of amides is 3. The first kappa shape index (κ1) is 11.9. The number of carbonyl (C=O) groups is 2. The third kappa shape index (κ3) is 5.19. The van der Waals surface area contributed by atoms with Gasteiger partial charge in [-0.25, -0.2) is 4.79 Å². The zero-order chi connectivity index (χ0) is 10.3. The van der Waals surface area contributed by atoms with Gasteiger partial charge in [0.05, 0.1) is 0 Å². The summed E-state index contributed by atoms with van der Waals surface area (Å²) >= 11 is 0. The topological polar surface area (TPSA) is 52.7 Å². The van der Waals surface area contributed by atoms with Gasteiger partial charge >= 0.3 is 6.03 Å². The molecule has 5 nitrogen and oxygen atoms in total. The first-order chi connectivity index (χ1) is 6.11. The van der Waals surface area contributed by atoms with Gasteiger partial charge in [-0.15, -0.1) is 0 Å². The maximum atomic E-state index is 11.2. The van der Waals surface area contributed by atoms with Crippen LogP contribution < -0.4 is 5.32 Å². The molecule has 0 saturated heterocycles. The Labute approximate surface area is 78.7 Å². The van der Waals surface area contributed by atoms with Gasteiger partial charge in [-0.1, -0.05) is 0 Å². The van der Waals surface area contributed by atoms with E-state index in [0.717, 1.165) is 4.90 Å². The summed E-state index contributed by atoms with van der Waals surface area (Å²) in [4.78, 5) is 24.7. The van der Waals surface area contributed by atoms with Crippen molar-refractivity contribution in [1.82, 2.24) is 15.1 Å². The van der Waals surface area contributed by atoms with E-state index < -0.39 is 0 Å². The third-order valence-corrected chi connectivity index (χ3v) is 1.50. The number of likely N-dealkylation sites (N-methyl/N-ethyl adjacent to an activating group) is 1. The SMILES string of the molecule is CCNC(=O)N(C=O)CCN(C)C. The molecular formula is C8H17N3O2. The van der Waals surface area contributed by atoms with E-state index in [-0.39, 0.29) is 6.03 Å². The highest BCUT2D eigenvalue weighted by atomic mass is 16.2.